The first-order chi connectivity index (χ1) is 6.77. The molecule has 0 spiro atoms. The van der Waals surface area contributed by atoms with E-state index in [-0.39, 0.29) is 12.1 Å². The summed E-state index contributed by atoms with van der Waals surface area (Å²) in [6.45, 7) is 2.14. The third-order valence-corrected chi connectivity index (χ3v) is 3.42. The molecule has 1 saturated heterocycles. The monoisotopic (exact) mass is 195 g/mol. The van der Waals surface area contributed by atoms with E-state index in [4.69, 9.17) is 10.5 Å². The molecule has 1 fully saturated rings. The fourth-order valence-electron chi connectivity index (χ4n) is 2.50. The zero-order valence-electron chi connectivity index (χ0n) is 9.04. The van der Waals surface area contributed by atoms with Gasteiger partial charge in [0.25, 0.3) is 0 Å². The van der Waals surface area contributed by atoms with E-state index in [1.54, 1.807) is 0 Å². The van der Waals surface area contributed by atoms with Crippen molar-refractivity contribution in [2.75, 3.05) is 0 Å². The van der Waals surface area contributed by atoms with Crippen LogP contribution in [0.25, 0.3) is 0 Å². The van der Waals surface area contributed by atoms with Gasteiger partial charge in [0, 0.05) is 0 Å². The summed E-state index contributed by atoms with van der Waals surface area (Å²) < 4.78 is 5.81. The van der Waals surface area contributed by atoms with Gasteiger partial charge in [-0.05, 0) is 45.4 Å². The minimum absolute atomic E-state index is 0.167. The van der Waals surface area contributed by atoms with E-state index in [0.717, 1.165) is 6.42 Å². The Kier molecular flexibility index (Phi) is 3.24. The molecular formula is C12H21NO. The van der Waals surface area contributed by atoms with E-state index in [1.165, 1.54) is 37.7 Å². The molecule has 0 aromatic carbocycles. The fraction of sp³-hybridized carbons (Fsp3) is 0.833. The molecule has 80 valence electrons. The predicted octanol–water partition coefficient (Wildman–Crippen LogP) is 2.38. The molecular weight excluding hydrogens is 174 g/mol. The van der Waals surface area contributed by atoms with Crippen molar-refractivity contribution in [3.05, 3.63) is 11.6 Å². The SMILES string of the molecule is CC1CCC(C(N)C2=CCCCC2)O1. The molecule has 3 atom stereocenters. The quantitative estimate of drug-likeness (QED) is 0.687. The molecule has 3 unspecified atom stereocenters. The van der Waals surface area contributed by atoms with Gasteiger partial charge < -0.3 is 10.5 Å². The lowest BCUT2D eigenvalue weighted by atomic mass is 9.91. The standard InChI is InChI=1S/C12H21NO/c1-9-7-8-11(14-9)12(13)10-5-3-2-4-6-10/h5,9,11-12H,2-4,6-8,13H2,1H3. The Balaban J connectivity index is 1.93. The highest BCUT2D eigenvalue weighted by Crippen LogP contribution is 2.28. The second kappa shape index (κ2) is 4.45. The highest BCUT2D eigenvalue weighted by atomic mass is 16.5. The van der Waals surface area contributed by atoms with Crippen LogP contribution in [0.1, 0.15) is 45.4 Å². The molecule has 0 aromatic heterocycles. The van der Waals surface area contributed by atoms with E-state index in [1.807, 2.05) is 0 Å². The van der Waals surface area contributed by atoms with Crippen LogP contribution in [0.15, 0.2) is 11.6 Å². The lowest BCUT2D eigenvalue weighted by Crippen LogP contribution is -2.37. The van der Waals surface area contributed by atoms with Crippen molar-refractivity contribution in [3.8, 4) is 0 Å². The molecule has 0 amide bonds. The lowest BCUT2D eigenvalue weighted by Gasteiger charge is -2.24. The lowest BCUT2D eigenvalue weighted by molar-refractivity contribution is 0.0461. The number of allylic oxidation sites excluding steroid dienone is 1. The maximum Gasteiger partial charge on any atom is 0.0768 e. The number of nitrogens with two attached hydrogens (primary N) is 1. The van der Waals surface area contributed by atoms with Gasteiger partial charge in [0.2, 0.25) is 0 Å². The second-order valence-electron chi connectivity index (χ2n) is 4.61. The molecule has 2 rings (SSSR count). The number of rotatable bonds is 2. The minimum Gasteiger partial charge on any atom is -0.373 e. The van der Waals surface area contributed by atoms with Crippen LogP contribution in [0.3, 0.4) is 0 Å². The van der Waals surface area contributed by atoms with Crippen LogP contribution in [-0.4, -0.2) is 18.2 Å². The summed E-state index contributed by atoms with van der Waals surface area (Å²) in [5.74, 6) is 0. The van der Waals surface area contributed by atoms with Gasteiger partial charge in [0.15, 0.2) is 0 Å². The Bertz CT molecular complexity index is 224. The molecule has 2 aliphatic rings. The number of hydrogen-bond donors (Lipinski definition) is 1. The maximum absolute atomic E-state index is 6.22. The van der Waals surface area contributed by atoms with E-state index in [2.05, 4.69) is 13.0 Å². The Labute approximate surface area is 86.5 Å². The van der Waals surface area contributed by atoms with Crippen LogP contribution < -0.4 is 5.73 Å². The average Bonchev–Trinajstić information content (AvgIpc) is 2.65. The average molecular weight is 195 g/mol. The van der Waals surface area contributed by atoms with E-state index in [9.17, 15) is 0 Å². The van der Waals surface area contributed by atoms with Crippen LogP contribution in [0.2, 0.25) is 0 Å². The third-order valence-electron chi connectivity index (χ3n) is 3.42. The minimum atomic E-state index is 0.167. The smallest absolute Gasteiger partial charge is 0.0768 e. The van der Waals surface area contributed by atoms with Gasteiger partial charge in [-0.2, -0.15) is 0 Å². The van der Waals surface area contributed by atoms with Gasteiger partial charge >= 0.3 is 0 Å². The zero-order chi connectivity index (χ0) is 9.97. The Morgan fingerprint density at radius 3 is 2.86 bits per heavy atom. The summed E-state index contributed by atoms with van der Waals surface area (Å²) in [6, 6.07) is 0.167. The Morgan fingerprint density at radius 2 is 2.29 bits per heavy atom. The van der Waals surface area contributed by atoms with Crippen LogP contribution in [0.4, 0.5) is 0 Å². The van der Waals surface area contributed by atoms with Crippen molar-refractivity contribution >= 4 is 0 Å². The van der Waals surface area contributed by atoms with Crippen molar-refractivity contribution in [2.45, 2.75) is 63.7 Å². The maximum atomic E-state index is 6.22. The Morgan fingerprint density at radius 1 is 1.43 bits per heavy atom. The highest BCUT2D eigenvalue weighted by Gasteiger charge is 2.29. The largest absolute Gasteiger partial charge is 0.373 e. The van der Waals surface area contributed by atoms with Gasteiger partial charge in [0.05, 0.1) is 18.2 Å². The zero-order valence-corrected chi connectivity index (χ0v) is 9.04. The van der Waals surface area contributed by atoms with Gasteiger partial charge in [-0.25, -0.2) is 0 Å². The molecule has 0 aromatic rings. The first-order valence-electron chi connectivity index (χ1n) is 5.87. The third kappa shape index (κ3) is 2.18. The number of hydrogen-bond acceptors (Lipinski definition) is 2. The van der Waals surface area contributed by atoms with Crippen molar-refractivity contribution in [1.82, 2.24) is 0 Å². The summed E-state index contributed by atoms with van der Waals surface area (Å²) in [5, 5.41) is 0. The molecule has 2 nitrogen and oxygen atoms in total. The van der Waals surface area contributed by atoms with Crippen molar-refractivity contribution < 1.29 is 4.74 Å². The van der Waals surface area contributed by atoms with Gasteiger partial charge in [0.1, 0.15) is 0 Å². The first kappa shape index (κ1) is 10.2. The summed E-state index contributed by atoms with van der Waals surface area (Å²) in [4.78, 5) is 0. The van der Waals surface area contributed by atoms with Crippen LogP contribution in [0.5, 0.6) is 0 Å². The van der Waals surface area contributed by atoms with Crippen LogP contribution >= 0.6 is 0 Å². The molecule has 1 aliphatic heterocycles. The fourth-order valence-corrected chi connectivity index (χ4v) is 2.50. The molecule has 2 N–H and O–H groups in total. The van der Waals surface area contributed by atoms with Gasteiger partial charge in [-0.1, -0.05) is 11.6 Å². The molecule has 0 radical (unpaired) electrons. The summed E-state index contributed by atoms with van der Waals surface area (Å²) in [5.41, 5.74) is 7.66. The van der Waals surface area contributed by atoms with Crippen molar-refractivity contribution in [2.24, 2.45) is 5.73 Å². The van der Waals surface area contributed by atoms with Crippen LogP contribution in [-0.2, 0) is 4.74 Å². The van der Waals surface area contributed by atoms with Crippen molar-refractivity contribution in [3.63, 3.8) is 0 Å². The normalized spacial score (nSPS) is 35.4. The number of ether oxygens (including phenoxy) is 1. The Hall–Kier alpha value is -0.340. The van der Waals surface area contributed by atoms with Gasteiger partial charge in [-0.15, -0.1) is 0 Å². The predicted molar refractivity (Wildman–Crippen MR) is 58.1 cm³/mol. The van der Waals surface area contributed by atoms with E-state index < -0.39 is 0 Å². The molecule has 0 saturated carbocycles. The highest BCUT2D eigenvalue weighted by molar-refractivity contribution is 5.15. The molecule has 14 heavy (non-hydrogen) atoms. The summed E-state index contributed by atoms with van der Waals surface area (Å²) >= 11 is 0. The summed E-state index contributed by atoms with van der Waals surface area (Å²) in [7, 11) is 0. The second-order valence-corrected chi connectivity index (χ2v) is 4.61. The van der Waals surface area contributed by atoms with Crippen LogP contribution in [0, 0.1) is 0 Å². The van der Waals surface area contributed by atoms with E-state index >= 15 is 0 Å². The first-order valence-corrected chi connectivity index (χ1v) is 5.87. The van der Waals surface area contributed by atoms with E-state index in [0.29, 0.717) is 6.10 Å². The molecule has 2 heteroatoms. The van der Waals surface area contributed by atoms with Crippen molar-refractivity contribution in [1.29, 1.82) is 0 Å². The molecule has 1 heterocycles. The molecule has 1 aliphatic carbocycles. The van der Waals surface area contributed by atoms with Gasteiger partial charge in [-0.3, -0.25) is 0 Å². The summed E-state index contributed by atoms with van der Waals surface area (Å²) in [6.07, 6.45) is 10.4. The molecule has 0 bridgehead atoms. The topological polar surface area (TPSA) is 35.2 Å².